The van der Waals surface area contributed by atoms with Gasteiger partial charge in [-0.3, -0.25) is 9.59 Å². The molecule has 1 aliphatic carbocycles. The lowest BCUT2D eigenvalue weighted by molar-refractivity contribution is -0.179. The molecule has 21 heavy (non-hydrogen) atoms. The van der Waals surface area contributed by atoms with Crippen LogP contribution < -0.4 is 0 Å². The Morgan fingerprint density at radius 2 is 2.10 bits per heavy atom. The maximum Gasteiger partial charge on any atom is 0.306 e. The fourth-order valence-corrected chi connectivity index (χ4v) is 4.00. The molecule has 0 bridgehead atoms. The average molecular weight is 300 g/mol. The van der Waals surface area contributed by atoms with E-state index in [1.165, 1.54) is 6.92 Å². The summed E-state index contributed by atoms with van der Waals surface area (Å²) >= 11 is 0. The van der Waals surface area contributed by atoms with Crippen molar-refractivity contribution in [1.29, 1.82) is 0 Å². The number of fused-ring (bicyclic) bond motifs is 1. The summed E-state index contributed by atoms with van der Waals surface area (Å²) in [5.74, 6) is -0.763. The van der Waals surface area contributed by atoms with Crippen molar-refractivity contribution in [2.45, 2.75) is 57.5 Å². The zero-order valence-corrected chi connectivity index (χ0v) is 13.1. The third kappa shape index (κ3) is 2.92. The van der Waals surface area contributed by atoms with Crippen LogP contribution in [-0.2, 0) is 28.5 Å². The Balaban J connectivity index is 2.31. The smallest absolute Gasteiger partial charge is 0.306 e. The number of hydrogen-bond donors (Lipinski definition) is 0. The van der Waals surface area contributed by atoms with E-state index in [1.807, 2.05) is 0 Å². The summed E-state index contributed by atoms with van der Waals surface area (Å²) in [6.07, 6.45) is 1.63. The Morgan fingerprint density at radius 1 is 1.43 bits per heavy atom. The molecule has 6 nitrogen and oxygen atoms in total. The summed E-state index contributed by atoms with van der Waals surface area (Å²) in [6, 6.07) is 0. The highest BCUT2D eigenvalue weighted by Gasteiger charge is 2.63. The van der Waals surface area contributed by atoms with E-state index in [2.05, 4.69) is 6.92 Å². The summed E-state index contributed by atoms with van der Waals surface area (Å²) in [7, 11) is 3.10. The Hall–Kier alpha value is -1.14. The molecule has 0 aromatic heterocycles. The summed E-state index contributed by atoms with van der Waals surface area (Å²) in [5, 5.41) is 0. The Bertz CT molecular complexity index is 405. The van der Waals surface area contributed by atoms with Gasteiger partial charge in [0.2, 0.25) is 0 Å². The molecule has 0 aromatic carbocycles. The van der Waals surface area contributed by atoms with Crippen molar-refractivity contribution in [1.82, 2.24) is 0 Å². The third-order valence-corrected chi connectivity index (χ3v) is 4.59. The molecular formula is C15H24O6. The van der Waals surface area contributed by atoms with Crippen molar-refractivity contribution in [2.75, 3.05) is 14.2 Å². The Labute approximate surface area is 125 Å². The molecule has 1 saturated carbocycles. The number of methoxy groups -OCH3 is 2. The second-order valence-electron chi connectivity index (χ2n) is 5.87. The van der Waals surface area contributed by atoms with Crippen molar-refractivity contribution in [2.24, 2.45) is 11.8 Å². The summed E-state index contributed by atoms with van der Waals surface area (Å²) in [5.41, 5.74) is -0.550. The van der Waals surface area contributed by atoms with Crippen molar-refractivity contribution in [3.8, 4) is 0 Å². The van der Waals surface area contributed by atoms with Gasteiger partial charge in [0.25, 0.3) is 0 Å². The molecule has 0 unspecified atom stereocenters. The topological polar surface area (TPSA) is 71.1 Å². The maximum atomic E-state index is 11.8. The molecule has 1 aliphatic heterocycles. The monoisotopic (exact) mass is 300 g/mol. The molecule has 0 amide bonds. The zero-order valence-electron chi connectivity index (χ0n) is 13.1. The van der Waals surface area contributed by atoms with Gasteiger partial charge in [-0.25, -0.2) is 0 Å². The van der Waals surface area contributed by atoms with Crippen molar-refractivity contribution >= 4 is 11.9 Å². The van der Waals surface area contributed by atoms with Crippen LogP contribution in [0.2, 0.25) is 0 Å². The van der Waals surface area contributed by atoms with E-state index in [4.69, 9.17) is 18.9 Å². The number of carbonyl (C=O) groups is 2. The first-order valence-electron chi connectivity index (χ1n) is 7.42. The van der Waals surface area contributed by atoms with Crippen LogP contribution in [-0.4, -0.2) is 44.2 Å². The SMILES string of the molecule is CCC[C@]12C[C@@H](OC(C)=O)[C@H](C(OC)OC)[C@H]1CC(=O)O2. The Kier molecular flexibility index (Phi) is 4.88. The second-order valence-corrected chi connectivity index (χ2v) is 5.87. The average Bonchev–Trinajstić information content (AvgIpc) is 2.83. The van der Waals surface area contributed by atoms with Crippen LogP contribution in [0.1, 0.15) is 39.5 Å². The first-order valence-corrected chi connectivity index (χ1v) is 7.42. The summed E-state index contributed by atoms with van der Waals surface area (Å²) in [4.78, 5) is 23.2. The van der Waals surface area contributed by atoms with E-state index in [0.717, 1.165) is 12.8 Å². The molecule has 1 saturated heterocycles. The molecule has 0 spiro atoms. The predicted molar refractivity (Wildman–Crippen MR) is 73.3 cm³/mol. The number of rotatable bonds is 6. The van der Waals surface area contributed by atoms with Crippen LogP contribution in [0, 0.1) is 11.8 Å². The van der Waals surface area contributed by atoms with Gasteiger partial charge >= 0.3 is 11.9 Å². The van der Waals surface area contributed by atoms with Gasteiger partial charge in [-0.1, -0.05) is 13.3 Å². The minimum absolute atomic E-state index is 0.0424. The lowest BCUT2D eigenvalue weighted by Gasteiger charge is -2.30. The van der Waals surface area contributed by atoms with Crippen molar-refractivity contribution in [3.63, 3.8) is 0 Å². The van der Waals surface area contributed by atoms with E-state index in [9.17, 15) is 9.59 Å². The minimum Gasteiger partial charge on any atom is -0.462 e. The van der Waals surface area contributed by atoms with Gasteiger partial charge in [-0.2, -0.15) is 0 Å². The molecular weight excluding hydrogens is 276 g/mol. The number of carbonyl (C=O) groups excluding carboxylic acids is 2. The lowest BCUT2D eigenvalue weighted by atomic mass is 9.82. The van der Waals surface area contributed by atoms with E-state index >= 15 is 0 Å². The normalized spacial score (nSPS) is 34.9. The lowest BCUT2D eigenvalue weighted by Crippen LogP contribution is -2.38. The van der Waals surface area contributed by atoms with Crippen LogP contribution in [0.3, 0.4) is 0 Å². The predicted octanol–water partition coefficient (Wildman–Crippen LogP) is 1.66. The molecule has 0 N–H and O–H groups in total. The second kappa shape index (κ2) is 6.32. The summed E-state index contributed by atoms with van der Waals surface area (Å²) < 4.78 is 21.9. The summed E-state index contributed by atoms with van der Waals surface area (Å²) in [6.45, 7) is 3.44. The van der Waals surface area contributed by atoms with Crippen LogP contribution in [0.25, 0.3) is 0 Å². The molecule has 2 rings (SSSR count). The van der Waals surface area contributed by atoms with Gasteiger partial charge < -0.3 is 18.9 Å². The van der Waals surface area contributed by atoms with Gasteiger partial charge in [0.05, 0.1) is 12.3 Å². The maximum absolute atomic E-state index is 11.8. The van der Waals surface area contributed by atoms with Crippen molar-refractivity contribution < 1.29 is 28.5 Å². The molecule has 0 radical (unpaired) electrons. The van der Waals surface area contributed by atoms with E-state index < -0.39 is 11.9 Å². The van der Waals surface area contributed by atoms with Gasteiger partial charge in [0.15, 0.2) is 6.29 Å². The zero-order chi connectivity index (χ0) is 15.6. The fraction of sp³-hybridized carbons (Fsp3) is 0.867. The van der Waals surface area contributed by atoms with Crippen LogP contribution in [0.4, 0.5) is 0 Å². The molecule has 4 atom stereocenters. The molecule has 120 valence electrons. The molecule has 2 aliphatic rings. The molecule has 2 fully saturated rings. The van der Waals surface area contributed by atoms with Gasteiger partial charge in [-0.05, 0) is 6.42 Å². The molecule has 0 aromatic rings. The quantitative estimate of drug-likeness (QED) is 0.549. The fourth-order valence-electron chi connectivity index (χ4n) is 4.00. The highest BCUT2D eigenvalue weighted by Crippen LogP contribution is 2.54. The number of hydrogen-bond acceptors (Lipinski definition) is 6. The van der Waals surface area contributed by atoms with Crippen LogP contribution in [0.5, 0.6) is 0 Å². The highest BCUT2D eigenvalue weighted by atomic mass is 16.7. The highest BCUT2D eigenvalue weighted by molar-refractivity contribution is 5.73. The first-order chi connectivity index (χ1) is 9.97. The van der Waals surface area contributed by atoms with E-state index in [1.54, 1.807) is 14.2 Å². The van der Waals surface area contributed by atoms with E-state index in [0.29, 0.717) is 12.8 Å². The first kappa shape index (κ1) is 16.2. The minimum atomic E-state index is -0.550. The van der Waals surface area contributed by atoms with Crippen molar-refractivity contribution in [3.05, 3.63) is 0 Å². The van der Waals surface area contributed by atoms with Gasteiger partial charge in [-0.15, -0.1) is 0 Å². The van der Waals surface area contributed by atoms with Gasteiger partial charge in [0, 0.05) is 33.5 Å². The standard InChI is InChI=1S/C15H24O6/c1-5-6-15-8-11(20-9(2)16)13(14(18-3)19-4)10(15)7-12(17)21-15/h10-11,13-14H,5-8H2,1-4H3/t10-,11-,13-,15+/m1/s1. The van der Waals surface area contributed by atoms with Crippen LogP contribution >= 0.6 is 0 Å². The van der Waals surface area contributed by atoms with Gasteiger partial charge in [0.1, 0.15) is 11.7 Å². The third-order valence-electron chi connectivity index (χ3n) is 4.59. The Morgan fingerprint density at radius 3 is 2.62 bits per heavy atom. The number of ether oxygens (including phenoxy) is 4. The van der Waals surface area contributed by atoms with E-state index in [-0.39, 0.29) is 29.9 Å². The number of esters is 2. The largest absolute Gasteiger partial charge is 0.462 e. The molecule has 6 heteroatoms. The molecule has 1 heterocycles. The van der Waals surface area contributed by atoms with Crippen LogP contribution in [0.15, 0.2) is 0 Å².